The van der Waals surface area contributed by atoms with Crippen LogP contribution in [0.25, 0.3) is 0 Å². The van der Waals surface area contributed by atoms with Gasteiger partial charge in [-0.1, -0.05) is 13.8 Å². The van der Waals surface area contributed by atoms with Gasteiger partial charge in [-0.25, -0.2) is 4.79 Å². The fraction of sp³-hybridized carbons (Fsp3) is 0.889. The van der Waals surface area contributed by atoms with Crippen LogP contribution in [0.5, 0.6) is 0 Å². The minimum absolute atomic E-state index is 0.642. The SMILES string of the molecule is CC(C)(CO)COC(=O)C(O)(C(F)(F)F)C(F)(F)F. The number of rotatable bonds is 4. The van der Waals surface area contributed by atoms with Crippen molar-refractivity contribution in [2.45, 2.75) is 31.8 Å². The van der Waals surface area contributed by atoms with Crippen molar-refractivity contribution in [1.82, 2.24) is 0 Å². The average molecular weight is 298 g/mol. The van der Waals surface area contributed by atoms with Crippen LogP contribution >= 0.6 is 0 Å². The van der Waals surface area contributed by atoms with E-state index in [1.54, 1.807) is 0 Å². The maximum absolute atomic E-state index is 12.2. The van der Waals surface area contributed by atoms with Gasteiger partial charge in [0, 0.05) is 5.41 Å². The van der Waals surface area contributed by atoms with Crippen LogP contribution in [0.1, 0.15) is 13.8 Å². The van der Waals surface area contributed by atoms with Gasteiger partial charge in [0.15, 0.2) is 0 Å². The van der Waals surface area contributed by atoms with Gasteiger partial charge in [-0.2, -0.15) is 26.3 Å². The van der Waals surface area contributed by atoms with E-state index in [2.05, 4.69) is 4.74 Å². The first-order chi connectivity index (χ1) is 8.19. The highest BCUT2D eigenvalue weighted by Crippen LogP contribution is 2.44. The lowest BCUT2D eigenvalue weighted by atomic mass is 9.96. The number of hydrogen-bond acceptors (Lipinski definition) is 4. The Labute approximate surface area is 104 Å². The van der Waals surface area contributed by atoms with Crippen molar-refractivity contribution in [1.29, 1.82) is 0 Å². The number of aliphatic hydroxyl groups is 2. The maximum Gasteiger partial charge on any atom is 0.437 e. The van der Waals surface area contributed by atoms with Gasteiger partial charge < -0.3 is 14.9 Å². The summed E-state index contributed by atoms with van der Waals surface area (Å²) < 4.78 is 77.2. The van der Waals surface area contributed by atoms with Crippen molar-refractivity contribution in [2.24, 2.45) is 5.41 Å². The number of ether oxygens (including phenoxy) is 1. The fourth-order valence-electron chi connectivity index (χ4n) is 0.803. The Morgan fingerprint density at radius 3 is 1.68 bits per heavy atom. The predicted octanol–water partition coefficient (Wildman–Crippen LogP) is 1.40. The lowest BCUT2D eigenvalue weighted by molar-refractivity contribution is -0.357. The molecular weight excluding hydrogens is 286 g/mol. The molecule has 0 saturated carbocycles. The molecule has 0 saturated heterocycles. The molecule has 19 heavy (non-hydrogen) atoms. The summed E-state index contributed by atoms with van der Waals surface area (Å²) in [6.07, 6.45) is -12.5. The summed E-state index contributed by atoms with van der Waals surface area (Å²) in [7, 11) is 0. The van der Waals surface area contributed by atoms with Crippen LogP contribution in [0, 0.1) is 5.41 Å². The topological polar surface area (TPSA) is 66.8 Å². The molecule has 0 aromatic carbocycles. The summed E-state index contributed by atoms with van der Waals surface area (Å²) in [6.45, 7) is 0.911. The summed E-state index contributed by atoms with van der Waals surface area (Å²) in [4.78, 5) is 10.9. The molecule has 114 valence electrons. The zero-order chi connectivity index (χ0) is 15.7. The Morgan fingerprint density at radius 2 is 1.42 bits per heavy atom. The van der Waals surface area contributed by atoms with Crippen molar-refractivity contribution in [3.05, 3.63) is 0 Å². The second-order valence-electron chi connectivity index (χ2n) is 4.60. The molecule has 0 fully saturated rings. The first-order valence-electron chi connectivity index (χ1n) is 4.83. The molecule has 0 amide bonds. The molecule has 0 aromatic rings. The molecule has 0 aliphatic heterocycles. The summed E-state index contributed by atoms with van der Waals surface area (Å²) >= 11 is 0. The van der Waals surface area contributed by atoms with Crippen LogP contribution in [-0.2, 0) is 9.53 Å². The van der Waals surface area contributed by atoms with Crippen LogP contribution in [0.4, 0.5) is 26.3 Å². The van der Waals surface area contributed by atoms with Crippen molar-refractivity contribution < 1.29 is 46.1 Å². The number of carbonyl (C=O) groups is 1. The zero-order valence-corrected chi connectivity index (χ0v) is 9.89. The monoisotopic (exact) mass is 298 g/mol. The minimum Gasteiger partial charge on any atom is -0.462 e. The number of carbonyl (C=O) groups excluding carboxylic acids is 1. The summed E-state index contributed by atoms with van der Waals surface area (Å²) in [5.41, 5.74) is -6.83. The molecule has 0 radical (unpaired) electrons. The molecular formula is C9H12F6O4. The summed E-state index contributed by atoms with van der Waals surface area (Å²) in [5, 5.41) is 17.4. The number of halogens is 6. The third-order valence-electron chi connectivity index (χ3n) is 2.14. The van der Waals surface area contributed by atoms with Gasteiger partial charge in [-0.05, 0) is 0 Å². The van der Waals surface area contributed by atoms with E-state index in [-0.39, 0.29) is 0 Å². The van der Waals surface area contributed by atoms with Crippen LogP contribution in [0.2, 0.25) is 0 Å². The van der Waals surface area contributed by atoms with Gasteiger partial charge >= 0.3 is 23.9 Å². The molecule has 4 nitrogen and oxygen atoms in total. The van der Waals surface area contributed by atoms with E-state index in [0.717, 1.165) is 0 Å². The van der Waals surface area contributed by atoms with Crippen LogP contribution in [0.15, 0.2) is 0 Å². The molecule has 10 heteroatoms. The van der Waals surface area contributed by atoms with E-state index in [0.29, 0.717) is 0 Å². The summed E-state index contributed by atoms with van der Waals surface area (Å²) in [5.74, 6) is -2.88. The highest BCUT2D eigenvalue weighted by atomic mass is 19.4. The second kappa shape index (κ2) is 5.16. The molecule has 2 N–H and O–H groups in total. The Hall–Kier alpha value is -1.03. The van der Waals surface area contributed by atoms with Crippen LogP contribution in [0.3, 0.4) is 0 Å². The Bertz CT molecular complexity index is 319. The van der Waals surface area contributed by atoms with Gasteiger partial charge in [-0.3, -0.25) is 0 Å². The Morgan fingerprint density at radius 1 is 1.05 bits per heavy atom. The van der Waals surface area contributed by atoms with E-state index < -0.39 is 42.6 Å². The standard InChI is InChI=1S/C9H12F6O4/c1-6(2,3-16)4-19-5(17)7(18,8(10,11)12)9(13,14)15/h16,18H,3-4H2,1-2H3. The molecule has 0 spiro atoms. The molecule has 0 bridgehead atoms. The maximum atomic E-state index is 12.2. The molecule has 0 aromatic heterocycles. The number of alkyl halides is 6. The third kappa shape index (κ3) is 3.72. The molecule has 0 unspecified atom stereocenters. The Balaban J connectivity index is 5.19. The quantitative estimate of drug-likeness (QED) is 0.608. The van der Waals surface area contributed by atoms with Gasteiger partial charge in [-0.15, -0.1) is 0 Å². The van der Waals surface area contributed by atoms with E-state index in [9.17, 15) is 31.1 Å². The van der Waals surface area contributed by atoms with E-state index >= 15 is 0 Å². The average Bonchev–Trinajstić information content (AvgIpc) is 2.21. The molecule has 0 atom stereocenters. The fourth-order valence-corrected chi connectivity index (χ4v) is 0.803. The molecule has 0 aliphatic rings. The third-order valence-corrected chi connectivity index (χ3v) is 2.14. The largest absolute Gasteiger partial charge is 0.462 e. The highest BCUT2D eigenvalue weighted by molar-refractivity contribution is 5.81. The van der Waals surface area contributed by atoms with Crippen molar-refractivity contribution in [3.8, 4) is 0 Å². The van der Waals surface area contributed by atoms with Gasteiger partial charge in [0.25, 0.3) is 0 Å². The highest BCUT2D eigenvalue weighted by Gasteiger charge is 2.76. The number of esters is 1. The van der Waals surface area contributed by atoms with E-state index in [4.69, 9.17) is 10.2 Å². The lowest BCUT2D eigenvalue weighted by Gasteiger charge is -2.31. The van der Waals surface area contributed by atoms with Gasteiger partial charge in [0.2, 0.25) is 0 Å². The first kappa shape index (κ1) is 18.0. The van der Waals surface area contributed by atoms with Gasteiger partial charge in [0.05, 0.1) is 13.2 Å². The van der Waals surface area contributed by atoms with Crippen molar-refractivity contribution in [2.75, 3.05) is 13.2 Å². The van der Waals surface area contributed by atoms with Crippen molar-refractivity contribution in [3.63, 3.8) is 0 Å². The molecule has 0 aliphatic carbocycles. The van der Waals surface area contributed by atoms with E-state index in [1.165, 1.54) is 13.8 Å². The molecule has 0 rings (SSSR count). The van der Waals surface area contributed by atoms with Crippen molar-refractivity contribution >= 4 is 5.97 Å². The normalized spacial score (nSPS) is 14.4. The predicted molar refractivity (Wildman–Crippen MR) is 48.9 cm³/mol. The van der Waals surface area contributed by atoms with E-state index in [1.807, 2.05) is 0 Å². The van der Waals surface area contributed by atoms with Crippen LogP contribution < -0.4 is 0 Å². The lowest BCUT2D eigenvalue weighted by Crippen LogP contribution is -2.63. The molecule has 0 heterocycles. The summed E-state index contributed by atoms with van der Waals surface area (Å²) in [6, 6.07) is 0. The minimum atomic E-state index is -6.27. The number of aliphatic hydroxyl groups excluding tert-OH is 1. The zero-order valence-electron chi connectivity index (χ0n) is 9.89. The Kier molecular flexibility index (Phi) is 4.88. The smallest absolute Gasteiger partial charge is 0.437 e. The number of hydrogen-bond donors (Lipinski definition) is 2. The van der Waals surface area contributed by atoms with Crippen LogP contribution in [-0.4, -0.2) is 47.3 Å². The second-order valence-corrected chi connectivity index (χ2v) is 4.60. The first-order valence-corrected chi connectivity index (χ1v) is 4.83. The van der Waals surface area contributed by atoms with Gasteiger partial charge in [0.1, 0.15) is 0 Å².